The van der Waals surface area contributed by atoms with Crippen LogP contribution in [0.4, 0.5) is 0 Å². The van der Waals surface area contributed by atoms with E-state index in [2.05, 4.69) is 6.07 Å². The van der Waals surface area contributed by atoms with Gasteiger partial charge in [-0.1, -0.05) is 30.2 Å². The molecule has 2 nitrogen and oxygen atoms in total. The van der Waals surface area contributed by atoms with Crippen LogP contribution in [-0.4, -0.2) is 9.96 Å². The van der Waals surface area contributed by atoms with E-state index < -0.39 is 10.8 Å². The van der Waals surface area contributed by atoms with Gasteiger partial charge < -0.3 is 0 Å². The maximum absolute atomic E-state index is 11.9. The van der Waals surface area contributed by atoms with Crippen molar-refractivity contribution in [3.63, 3.8) is 0 Å². The van der Waals surface area contributed by atoms with E-state index in [-0.39, 0.29) is 5.41 Å². The van der Waals surface area contributed by atoms with Crippen molar-refractivity contribution >= 4 is 22.4 Å². The topological polar surface area (TPSA) is 40.9 Å². The maximum atomic E-state index is 11.9. The molecule has 0 saturated carbocycles. The quantitative estimate of drug-likeness (QED) is 0.704. The molecule has 0 heterocycles. The second kappa shape index (κ2) is 7.67. The van der Waals surface area contributed by atoms with Crippen LogP contribution in [0.1, 0.15) is 38.7 Å². The molecule has 0 radical (unpaired) electrons. The molecular weight excluding hydrogens is 278 g/mol. The molecule has 0 aliphatic carbocycles. The third kappa shape index (κ3) is 6.75. The van der Waals surface area contributed by atoms with E-state index in [1.165, 1.54) is 0 Å². The molecule has 0 saturated heterocycles. The summed E-state index contributed by atoms with van der Waals surface area (Å²) in [5.41, 5.74) is 0.789. The Hall–Kier alpha value is -0.850. The summed E-state index contributed by atoms with van der Waals surface area (Å²) in [7, 11) is -0.834. The predicted octanol–water partition coefficient (Wildman–Crippen LogP) is 4.31. The van der Waals surface area contributed by atoms with Gasteiger partial charge in [0, 0.05) is 27.3 Å². The lowest BCUT2D eigenvalue weighted by Gasteiger charge is -2.14. The second-order valence-electron chi connectivity index (χ2n) is 5.37. The number of hydrogen-bond acceptors (Lipinski definition) is 2. The van der Waals surface area contributed by atoms with Gasteiger partial charge in [-0.25, -0.2) is 0 Å². The highest BCUT2D eigenvalue weighted by molar-refractivity contribution is 7.84. The number of nitriles is 1. The van der Waals surface area contributed by atoms with E-state index in [1.807, 2.05) is 38.1 Å². The molecule has 1 aromatic carbocycles. The van der Waals surface area contributed by atoms with Crippen LogP contribution in [-0.2, 0) is 16.6 Å². The van der Waals surface area contributed by atoms with Crippen molar-refractivity contribution in [2.24, 2.45) is 5.41 Å². The van der Waals surface area contributed by atoms with Gasteiger partial charge in [0.15, 0.2) is 0 Å². The Bertz CT molecular complexity index is 462. The lowest BCUT2D eigenvalue weighted by Crippen LogP contribution is -2.08. The third-order valence-corrected chi connectivity index (χ3v) is 4.62. The first-order chi connectivity index (χ1) is 8.93. The summed E-state index contributed by atoms with van der Waals surface area (Å²) in [6.45, 7) is 3.88. The third-order valence-electron chi connectivity index (χ3n) is 2.97. The van der Waals surface area contributed by atoms with Gasteiger partial charge in [0.25, 0.3) is 0 Å². The molecule has 1 atom stereocenters. The van der Waals surface area contributed by atoms with Crippen LogP contribution < -0.4 is 0 Å². The van der Waals surface area contributed by atoms with Crippen molar-refractivity contribution in [2.45, 2.75) is 38.9 Å². The fourth-order valence-electron chi connectivity index (χ4n) is 1.72. The molecule has 0 aliphatic rings. The average Bonchev–Trinajstić information content (AvgIpc) is 2.38. The molecule has 0 amide bonds. The van der Waals surface area contributed by atoms with Crippen molar-refractivity contribution in [1.29, 1.82) is 5.26 Å². The molecule has 0 spiro atoms. The van der Waals surface area contributed by atoms with E-state index in [0.29, 0.717) is 16.5 Å². The highest BCUT2D eigenvalue weighted by Crippen LogP contribution is 2.21. The summed E-state index contributed by atoms with van der Waals surface area (Å²) in [4.78, 5) is 0. The number of hydrogen-bond donors (Lipinski definition) is 0. The first-order valence-corrected chi connectivity index (χ1v) is 8.30. The molecule has 19 heavy (non-hydrogen) atoms. The SMILES string of the molecule is CC(C)(C#N)CCCCS(=O)Cc1ccc(Cl)cc1. The molecule has 0 bridgehead atoms. The van der Waals surface area contributed by atoms with E-state index in [9.17, 15) is 4.21 Å². The summed E-state index contributed by atoms with van der Waals surface area (Å²) in [5.74, 6) is 1.28. The Labute approximate surface area is 123 Å². The zero-order chi connectivity index (χ0) is 14.3. The standard InChI is InChI=1S/C15H20ClNOS/c1-15(2,12-17)9-3-4-10-19(18)11-13-5-7-14(16)8-6-13/h5-8H,3-4,9-11H2,1-2H3. The Morgan fingerprint density at radius 1 is 1.26 bits per heavy atom. The van der Waals surface area contributed by atoms with Gasteiger partial charge in [-0.2, -0.15) is 5.26 Å². The largest absolute Gasteiger partial charge is 0.259 e. The molecule has 0 fully saturated rings. The lowest BCUT2D eigenvalue weighted by atomic mass is 9.89. The Balaban J connectivity index is 2.26. The normalized spacial score (nSPS) is 12.9. The highest BCUT2D eigenvalue weighted by Gasteiger charge is 2.15. The van der Waals surface area contributed by atoms with E-state index in [0.717, 1.165) is 24.8 Å². The van der Waals surface area contributed by atoms with Gasteiger partial charge in [-0.05, 0) is 44.4 Å². The monoisotopic (exact) mass is 297 g/mol. The molecule has 0 N–H and O–H groups in total. The first kappa shape index (κ1) is 16.2. The van der Waals surface area contributed by atoms with Crippen LogP contribution in [0, 0.1) is 16.7 Å². The minimum Gasteiger partial charge on any atom is -0.259 e. The highest BCUT2D eigenvalue weighted by atomic mass is 35.5. The predicted molar refractivity (Wildman–Crippen MR) is 81.4 cm³/mol. The van der Waals surface area contributed by atoms with Gasteiger partial charge in [0.2, 0.25) is 0 Å². The fraction of sp³-hybridized carbons (Fsp3) is 0.533. The van der Waals surface area contributed by atoms with Crippen LogP contribution in [0.25, 0.3) is 0 Å². The molecule has 0 aromatic heterocycles. The Kier molecular flexibility index (Phi) is 6.54. The van der Waals surface area contributed by atoms with Crippen molar-refractivity contribution in [3.05, 3.63) is 34.9 Å². The maximum Gasteiger partial charge on any atom is 0.0683 e. The first-order valence-electron chi connectivity index (χ1n) is 6.44. The average molecular weight is 298 g/mol. The Morgan fingerprint density at radius 2 is 1.89 bits per heavy atom. The van der Waals surface area contributed by atoms with Crippen molar-refractivity contribution in [2.75, 3.05) is 5.75 Å². The summed E-state index contributed by atoms with van der Waals surface area (Å²) >= 11 is 5.80. The number of unbranched alkanes of at least 4 members (excludes halogenated alkanes) is 1. The number of nitrogens with zero attached hydrogens (tertiary/aromatic N) is 1. The molecule has 1 rings (SSSR count). The van der Waals surface area contributed by atoms with Crippen molar-refractivity contribution in [3.8, 4) is 6.07 Å². The Morgan fingerprint density at radius 3 is 2.47 bits per heavy atom. The van der Waals surface area contributed by atoms with Crippen molar-refractivity contribution < 1.29 is 4.21 Å². The zero-order valence-corrected chi connectivity index (χ0v) is 13.1. The number of halogens is 1. The van der Waals surface area contributed by atoms with Crippen LogP contribution in [0.2, 0.25) is 5.02 Å². The van der Waals surface area contributed by atoms with Crippen LogP contribution in [0.15, 0.2) is 24.3 Å². The molecule has 1 aromatic rings. The molecule has 0 aliphatic heterocycles. The summed E-state index contributed by atoms with van der Waals surface area (Å²) in [6.07, 6.45) is 2.72. The fourth-order valence-corrected chi connectivity index (χ4v) is 3.09. The smallest absolute Gasteiger partial charge is 0.0683 e. The second-order valence-corrected chi connectivity index (χ2v) is 7.38. The lowest BCUT2D eigenvalue weighted by molar-refractivity contribution is 0.432. The van der Waals surface area contributed by atoms with Gasteiger partial charge >= 0.3 is 0 Å². The van der Waals surface area contributed by atoms with Crippen LogP contribution in [0.3, 0.4) is 0 Å². The molecule has 4 heteroatoms. The molecule has 104 valence electrons. The summed E-state index contributed by atoms with van der Waals surface area (Å²) < 4.78 is 11.9. The van der Waals surface area contributed by atoms with Crippen LogP contribution >= 0.6 is 11.6 Å². The summed E-state index contributed by atoms with van der Waals surface area (Å²) in [5, 5.41) is 9.60. The van der Waals surface area contributed by atoms with Gasteiger partial charge in [0.05, 0.1) is 11.5 Å². The van der Waals surface area contributed by atoms with Gasteiger partial charge in [0.1, 0.15) is 0 Å². The van der Waals surface area contributed by atoms with Crippen molar-refractivity contribution in [1.82, 2.24) is 0 Å². The number of rotatable bonds is 7. The molecule has 1 unspecified atom stereocenters. The van der Waals surface area contributed by atoms with E-state index in [1.54, 1.807) is 0 Å². The molecular formula is C15H20ClNOS. The minimum atomic E-state index is -0.834. The number of benzene rings is 1. The van der Waals surface area contributed by atoms with Gasteiger partial charge in [-0.3, -0.25) is 4.21 Å². The van der Waals surface area contributed by atoms with Gasteiger partial charge in [-0.15, -0.1) is 0 Å². The van der Waals surface area contributed by atoms with E-state index in [4.69, 9.17) is 16.9 Å². The minimum absolute atomic E-state index is 0.266. The summed E-state index contributed by atoms with van der Waals surface area (Å²) in [6, 6.07) is 9.76. The zero-order valence-electron chi connectivity index (χ0n) is 11.5. The van der Waals surface area contributed by atoms with E-state index >= 15 is 0 Å². The van der Waals surface area contributed by atoms with Crippen LogP contribution in [0.5, 0.6) is 0 Å².